The quantitative estimate of drug-likeness (QED) is 0.125. The molecular weight excluding hydrogens is 969 g/mol. The Labute approximate surface area is 424 Å². The van der Waals surface area contributed by atoms with Crippen molar-refractivity contribution >= 4 is 75.5 Å². The number of amides is 2. The number of carbonyl (C=O) groups excluding carboxylic acids is 3. The van der Waals surface area contributed by atoms with Crippen molar-refractivity contribution in [2.75, 3.05) is 47.3 Å². The van der Waals surface area contributed by atoms with Crippen molar-refractivity contribution in [1.29, 1.82) is 0 Å². The summed E-state index contributed by atoms with van der Waals surface area (Å²) in [5.41, 5.74) is 6.49. The number of nitrogens with zero attached hydrogens (tertiary/aromatic N) is 3. The minimum Gasteiger partial charge on any atom is -0.478 e. The molecule has 2 amide bonds. The fourth-order valence-electron chi connectivity index (χ4n) is 9.11. The highest BCUT2D eigenvalue weighted by atomic mass is 35.5. The van der Waals surface area contributed by atoms with Crippen LogP contribution in [0, 0.1) is 0 Å². The molecule has 16 heteroatoms. The molecule has 11 rings (SSSR count). The van der Waals surface area contributed by atoms with Crippen LogP contribution in [0.25, 0.3) is 11.1 Å². The highest BCUT2D eigenvalue weighted by molar-refractivity contribution is 6.34. The van der Waals surface area contributed by atoms with Crippen LogP contribution >= 0.6 is 34.8 Å². The molecule has 0 aliphatic carbocycles. The molecule has 6 aromatic carbocycles. The molecule has 5 aliphatic heterocycles. The Morgan fingerprint density at radius 2 is 1.13 bits per heavy atom. The molecule has 2 fully saturated rings. The van der Waals surface area contributed by atoms with Gasteiger partial charge in [-0.2, -0.15) is 0 Å². The van der Waals surface area contributed by atoms with Gasteiger partial charge >= 0.3 is 11.9 Å². The molecule has 6 aromatic rings. The number of rotatable bonds is 5. The largest absolute Gasteiger partial charge is 0.478 e. The minimum absolute atomic E-state index is 0.00817. The van der Waals surface area contributed by atoms with Crippen molar-refractivity contribution in [2.24, 2.45) is 0 Å². The number of benzene rings is 6. The van der Waals surface area contributed by atoms with Gasteiger partial charge in [-0.15, -0.1) is 0 Å². The Hall–Kier alpha value is -7.42. The van der Waals surface area contributed by atoms with Gasteiger partial charge in [0, 0.05) is 95.0 Å². The lowest BCUT2D eigenvalue weighted by Crippen LogP contribution is -2.21. The molecule has 5 heterocycles. The second-order valence-corrected chi connectivity index (χ2v) is 18.5. The van der Waals surface area contributed by atoms with Crippen LogP contribution < -0.4 is 14.2 Å². The van der Waals surface area contributed by atoms with Crippen LogP contribution in [0.1, 0.15) is 45.6 Å². The number of likely N-dealkylation sites (tertiary alicyclic amines) is 2. The monoisotopic (exact) mass is 1010 g/mol. The second kappa shape index (κ2) is 21.7. The molecule has 0 saturated carbocycles. The Kier molecular flexibility index (Phi) is 15.3. The summed E-state index contributed by atoms with van der Waals surface area (Å²) < 4.78 is 18.0. The topological polar surface area (TPSA) is 163 Å². The highest BCUT2D eigenvalue weighted by Crippen LogP contribution is 2.50. The third-order valence-corrected chi connectivity index (χ3v) is 13.0. The molecule has 0 bridgehead atoms. The van der Waals surface area contributed by atoms with E-state index in [1.165, 1.54) is 16.0 Å². The van der Waals surface area contributed by atoms with Crippen molar-refractivity contribution in [3.8, 4) is 34.5 Å². The average Bonchev–Trinajstić information content (AvgIpc) is 3.90. The van der Waals surface area contributed by atoms with E-state index in [2.05, 4.69) is 36.2 Å². The maximum Gasteiger partial charge on any atom is 0.328 e. The predicted octanol–water partition coefficient (Wildman–Crippen LogP) is 11.1. The number of carboxylic acid groups (broad SMARTS) is 2. The maximum atomic E-state index is 12.5. The van der Waals surface area contributed by atoms with E-state index >= 15 is 0 Å². The standard InChI is InChI=1S/C17H14ClNO3.C17H12ClNO2.C17H16ClNO.C4H4O4/c1-19-10-14(20)16(17(19)21)13-9-11(18)7-8-15(13)22-12-5-3-2-4-6-12;1-19-9-13-11-4-2-3-5-14(11)21-15-7-6-10(18)8-12(15)16(13)17(19)20;1-19-9-14-12-4-2-3-5-16(12)20-17-7-6-11(18)8-13(17)15(14)10-19;5-3(6)1-2-4(7)8/h2-9,16H,10H2,1H3;2-8H,9H2,1H3;2-8,14-15H,9-10H2,1H3;1-2H,(H,5,6)(H,7,8)/b;;;2-1-/t;;14-,15-;/m..0./s1. The number of Topliss-reactive ketones (excluding diaryl/α,β-unsaturated/α-hetero) is 1. The molecule has 0 spiro atoms. The van der Waals surface area contributed by atoms with Gasteiger partial charge in [-0.3, -0.25) is 14.4 Å². The number of carbonyl (C=O) groups is 5. The summed E-state index contributed by atoms with van der Waals surface area (Å²) in [6, 6.07) is 41.7. The smallest absolute Gasteiger partial charge is 0.328 e. The number of ketones is 1. The lowest BCUT2D eigenvalue weighted by molar-refractivity contribution is -0.134. The summed E-state index contributed by atoms with van der Waals surface area (Å²) >= 11 is 18.3. The Balaban J connectivity index is 0.000000133. The third-order valence-electron chi connectivity index (χ3n) is 12.3. The molecule has 5 aliphatic rings. The zero-order valence-electron chi connectivity index (χ0n) is 38.6. The number of halogens is 3. The van der Waals surface area contributed by atoms with Crippen LogP contribution in [0.2, 0.25) is 15.1 Å². The van der Waals surface area contributed by atoms with Crippen LogP contribution in [-0.4, -0.2) is 102 Å². The molecular formula is C55H46Cl3N3O10. The van der Waals surface area contributed by atoms with E-state index in [9.17, 15) is 24.0 Å². The van der Waals surface area contributed by atoms with Gasteiger partial charge in [0.1, 0.15) is 40.4 Å². The van der Waals surface area contributed by atoms with E-state index < -0.39 is 17.9 Å². The van der Waals surface area contributed by atoms with Gasteiger partial charge in [-0.25, -0.2) is 9.59 Å². The summed E-state index contributed by atoms with van der Waals surface area (Å²) in [4.78, 5) is 61.6. The van der Waals surface area contributed by atoms with Gasteiger partial charge in [-0.1, -0.05) is 89.4 Å². The number of hydrogen-bond acceptors (Lipinski definition) is 9. The van der Waals surface area contributed by atoms with Crippen LogP contribution in [0.4, 0.5) is 0 Å². The Bertz CT molecular complexity index is 3110. The molecule has 0 aromatic heterocycles. The average molecular weight is 1020 g/mol. The van der Waals surface area contributed by atoms with E-state index in [0.717, 1.165) is 52.1 Å². The molecule has 13 nitrogen and oxygen atoms in total. The van der Waals surface area contributed by atoms with Gasteiger partial charge in [-0.05, 0) is 97.0 Å². The molecule has 71 heavy (non-hydrogen) atoms. The van der Waals surface area contributed by atoms with E-state index in [0.29, 0.717) is 69.0 Å². The first kappa shape index (κ1) is 50.0. The molecule has 0 radical (unpaired) electrons. The van der Waals surface area contributed by atoms with Crippen molar-refractivity contribution in [3.05, 3.63) is 188 Å². The van der Waals surface area contributed by atoms with Gasteiger partial charge in [0.05, 0.1) is 12.1 Å². The number of carboxylic acids is 2. The van der Waals surface area contributed by atoms with E-state index in [1.54, 1.807) is 42.3 Å². The van der Waals surface area contributed by atoms with Crippen molar-refractivity contribution < 1.29 is 48.4 Å². The lowest BCUT2D eigenvalue weighted by atomic mass is 9.84. The number of aliphatic carboxylic acids is 2. The van der Waals surface area contributed by atoms with Gasteiger partial charge in [0.2, 0.25) is 5.91 Å². The van der Waals surface area contributed by atoms with E-state index in [-0.39, 0.29) is 24.1 Å². The van der Waals surface area contributed by atoms with E-state index in [4.69, 9.17) is 59.2 Å². The van der Waals surface area contributed by atoms with Crippen molar-refractivity contribution in [3.63, 3.8) is 0 Å². The Morgan fingerprint density at radius 3 is 1.79 bits per heavy atom. The second-order valence-electron chi connectivity index (χ2n) is 17.2. The fraction of sp³-hybridized carbons (Fsp3) is 0.182. The molecule has 1 unspecified atom stereocenters. The molecule has 3 atom stereocenters. The first-order chi connectivity index (χ1) is 34.1. The summed E-state index contributed by atoms with van der Waals surface area (Å²) in [6.07, 6.45) is 1.12. The zero-order valence-corrected chi connectivity index (χ0v) is 40.8. The van der Waals surface area contributed by atoms with Crippen LogP contribution in [0.5, 0.6) is 34.5 Å². The highest BCUT2D eigenvalue weighted by Gasteiger charge is 2.41. The lowest BCUT2D eigenvalue weighted by Gasteiger charge is -2.17. The van der Waals surface area contributed by atoms with Gasteiger partial charge < -0.3 is 39.1 Å². The SMILES string of the molecule is CN1CC(=O)C(c2cc(Cl)ccc2Oc2ccccc2)C1=O.CN1CC2=C(C1=O)c1cc(Cl)ccc1Oc1ccccc12.CN1C[C@H]2c3ccccc3Oc3ccc(Cl)cc3[C@@H]2C1.O=C(O)/C=C\C(=O)O. The number of fused-ring (bicyclic) bond motifs is 9. The molecule has 362 valence electrons. The van der Waals surface area contributed by atoms with Gasteiger partial charge in [0.25, 0.3) is 5.91 Å². The summed E-state index contributed by atoms with van der Waals surface area (Å²) in [6.45, 7) is 2.81. The third kappa shape index (κ3) is 11.3. The zero-order chi connectivity index (χ0) is 50.5. The number of hydrogen-bond donors (Lipinski definition) is 2. The predicted molar refractivity (Wildman–Crippen MR) is 271 cm³/mol. The van der Waals surface area contributed by atoms with E-state index in [1.807, 2.05) is 85.9 Å². The number of likely N-dealkylation sites (N-methyl/N-ethyl adjacent to an activating group) is 3. The number of ether oxygens (including phenoxy) is 3. The summed E-state index contributed by atoms with van der Waals surface area (Å²) in [5, 5.41) is 17.5. The number of para-hydroxylation sites is 3. The van der Waals surface area contributed by atoms with Crippen LogP contribution in [-0.2, 0) is 24.0 Å². The molecule has 2 saturated heterocycles. The van der Waals surface area contributed by atoms with Crippen molar-refractivity contribution in [2.45, 2.75) is 17.8 Å². The Morgan fingerprint density at radius 1 is 0.592 bits per heavy atom. The van der Waals surface area contributed by atoms with Crippen LogP contribution in [0.15, 0.2) is 146 Å². The summed E-state index contributed by atoms with van der Waals surface area (Å²) in [7, 11) is 5.61. The fourth-order valence-corrected chi connectivity index (χ4v) is 9.64. The van der Waals surface area contributed by atoms with Crippen LogP contribution in [0.3, 0.4) is 0 Å². The summed E-state index contributed by atoms with van der Waals surface area (Å²) in [5.74, 6) is 1.69. The van der Waals surface area contributed by atoms with Gasteiger partial charge in [0.15, 0.2) is 5.78 Å². The van der Waals surface area contributed by atoms with Crippen molar-refractivity contribution in [1.82, 2.24) is 14.7 Å². The molecule has 2 N–H and O–H groups in total. The maximum absolute atomic E-state index is 12.5. The first-order valence-corrected chi connectivity index (χ1v) is 23.4. The minimum atomic E-state index is -1.26. The normalized spacial score (nSPS) is 18.2. The first-order valence-electron chi connectivity index (χ1n) is 22.3.